The van der Waals surface area contributed by atoms with Crippen LogP contribution in [-0.4, -0.2) is 30.5 Å². The second-order valence-electron chi connectivity index (χ2n) is 10.6. The highest BCUT2D eigenvalue weighted by atomic mass is 16.5. The van der Waals surface area contributed by atoms with E-state index in [2.05, 4.69) is 15.6 Å². The highest BCUT2D eigenvalue weighted by Gasteiger charge is 2.54. The number of rotatable bonds is 10. The average Bonchev–Trinajstić information content (AvgIpc) is 2.86. The van der Waals surface area contributed by atoms with E-state index in [1.165, 1.54) is 19.3 Å². The van der Waals surface area contributed by atoms with Gasteiger partial charge in [0.05, 0.1) is 7.11 Å². The standard InChI is InChI=1S/C28H35N3O4/c1-34-25-13-20(2-3-24(25)35-18-19-4-7-29-8-5-19)17-31-26(32)6-9-30-27(33)28-14-21-10-22(15-28)12-23(11-21)16-28/h2-5,7-8,13,21-23H,6,9-12,14-18H2,1H3,(H,30,33)(H,31,32). The number of hydrogen-bond donors (Lipinski definition) is 2. The summed E-state index contributed by atoms with van der Waals surface area (Å²) in [4.78, 5) is 29.4. The van der Waals surface area contributed by atoms with E-state index in [1.54, 1.807) is 19.5 Å². The SMILES string of the molecule is COc1cc(CNC(=O)CCNC(=O)C23CC4CC(CC(C4)C2)C3)ccc1OCc1ccncc1. The fourth-order valence-corrected chi connectivity index (χ4v) is 6.74. The number of aromatic nitrogens is 1. The first-order chi connectivity index (χ1) is 17.0. The van der Waals surface area contributed by atoms with Crippen LogP contribution in [0.25, 0.3) is 0 Å². The number of benzene rings is 1. The number of amides is 2. The van der Waals surface area contributed by atoms with Gasteiger partial charge in [0, 0.05) is 37.3 Å². The maximum atomic E-state index is 13.0. The van der Waals surface area contributed by atoms with Crippen LogP contribution in [0.15, 0.2) is 42.7 Å². The van der Waals surface area contributed by atoms with E-state index in [9.17, 15) is 9.59 Å². The van der Waals surface area contributed by atoms with E-state index in [1.807, 2.05) is 30.3 Å². The minimum atomic E-state index is -0.164. The number of nitrogens with zero attached hydrogens (tertiary/aromatic N) is 1. The maximum absolute atomic E-state index is 13.0. The van der Waals surface area contributed by atoms with Crippen molar-refractivity contribution in [2.24, 2.45) is 23.2 Å². The molecule has 6 rings (SSSR count). The Labute approximate surface area is 207 Å². The average molecular weight is 478 g/mol. The van der Waals surface area contributed by atoms with Gasteiger partial charge in [0.1, 0.15) is 6.61 Å². The molecule has 4 bridgehead atoms. The molecule has 4 aliphatic rings. The van der Waals surface area contributed by atoms with Crippen molar-refractivity contribution >= 4 is 11.8 Å². The summed E-state index contributed by atoms with van der Waals surface area (Å²) in [5.74, 6) is 3.57. The summed E-state index contributed by atoms with van der Waals surface area (Å²) in [6.45, 7) is 1.20. The van der Waals surface area contributed by atoms with Crippen molar-refractivity contribution in [1.29, 1.82) is 0 Å². The maximum Gasteiger partial charge on any atom is 0.226 e. The van der Waals surface area contributed by atoms with Crippen LogP contribution in [0.2, 0.25) is 0 Å². The Morgan fingerprint density at radius 2 is 1.63 bits per heavy atom. The van der Waals surface area contributed by atoms with Crippen molar-refractivity contribution in [1.82, 2.24) is 15.6 Å². The number of pyridine rings is 1. The lowest BCUT2D eigenvalue weighted by Crippen LogP contribution is -2.53. The Balaban J connectivity index is 1.06. The van der Waals surface area contributed by atoms with E-state index >= 15 is 0 Å². The minimum Gasteiger partial charge on any atom is -0.493 e. The zero-order valence-corrected chi connectivity index (χ0v) is 20.4. The van der Waals surface area contributed by atoms with Crippen LogP contribution < -0.4 is 20.1 Å². The van der Waals surface area contributed by atoms with Gasteiger partial charge in [-0.05, 0) is 91.7 Å². The third-order valence-electron chi connectivity index (χ3n) is 8.02. The van der Waals surface area contributed by atoms with E-state index in [0.717, 1.165) is 48.1 Å². The van der Waals surface area contributed by atoms with Gasteiger partial charge in [0.2, 0.25) is 11.8 Å². The fourth-order valence-electron chi connectivity index (χ4n) is 6.74. The first kappa shape index (κ1) is 23.6. The van der Waals surface area contributed by atoms with Crippen LogP contribution in [0.5, 0.6) is 11.5 Å². The van der Waals surface area contributed by atoms with E-state index in [-0.39, 0.29) is 23.7 Å². The van der Waals surface area contributed by atoms with E-state index in [0.29, 0.717) is 31.2 Å². The molecule has 0 radical (unpaired) electrons. The molecular formula is C28H35N3O4. The van der Waals surface area contributed by atoms with Crippen LogP contribution in [0.1, 0.15) is 56.1 Å². The molecule has 2 N–H and O–H groups in total. The molecule has 4 saturated carbocycles. The summed E-state index contributed by atoms with van der Waals surface area (Å²) < 4.78 is 11.4. The molecule has 7 heteroatoms. The zero-order valence-electron chi connectivity index (χ0n) is 20.4. The van der Waals surface area contributed by atoms with Crippen molar-refractivity contribution < 1.29 is 19.1 Å². The quantitative estimate of drug-likeness (QED) is 0.540. The summed E-state index contributed by atoms with van der Waals surface area (Å²) in [5, 5.41) is 6.02. The van der Waals surface area contributed by atoms with Crippen LogP contribution >= 0.6 is 0 Å². The van der Waals surface area contributed by atoms with Crippen molar-refractivity contribution in [3.05, 3.63) is 53.9 Å². The zero-order chi connectivity index (χ0) is 24.3. The molecular weight excluding hydrogens is 442 g/mol. The Kier molecular flexibility index (Phi) is 6.93. The summed E-state index contributed by atoms with van der Waals surface area (Å²) in [6.07, 6.45) is 10.8. The fraction of sp³-hybridized carbons (Fsp3) is 0.536. The Hall–Kier alpha value is -3.09. The number of methoxy groups -OCH3 is 1. The molecule has 0 unspecified atom stereocenters. The number of ether oxygens (including phenoxy) is 2. The lowest BCUT2D eigenvalue weighted by molar-refractivity contribution is -0.146. The van der Waals surface area contributed by atoms with E-state index < -0.39 is 0 Å². The predicted molar refractivity (Wildman–Crippen MR) is 132 cm³/mol. The molecule has 0 atom stereocenters. The number of carbonyl (C=O) groups is 2. The second kappa shape index (κ2) is 10.3. The van der Waals surface area contributed by atoms with Gasteiger partial charge in [-0.1, -0.05) is 6.07 Å². The molecule has 4 aliphatic carbocycles. The summed E-state index contributed by atoms with van der Waals surface area (Å²) >= 11 is 0. The molecule has 186 valence electrons. The van der Waals surface area contributed by atoms with E-state index in [4.69, 9.17) is 9.47 Å². The van der Waals surface area contributed by atoms with Gasteiger partial charge >= 0.3 is 0 Å². The van der Waals surface area contributed by atoms with Crippen LogP contribution in [0.4, 0.5) is 0 Å². The third-order valence-corrected chi connectivity index (χ3v) is 8.02. The van der Waals surface area contributed by atoms with Crippen LogP contribution in [0, 0.1) is 23.2 Å². The lowest BCUT2D eigenvalue weighted by Gasteiger charge is -2.55. The van der Waals surface area contributed by atoms with Crippen molar-refractivity contribution in [3.63, 3.8) is 0 Å². The first-order valence-corrected chi connectivity index (χ1v) is 12.8. The van der Waals surface area contributed by atoms with Gasteiger partial charge in [-0.2, -0.15) is 0 Å². The highest BCUT2D eigenvalue weighted by Crippen LogP contribution is 2.60. The summed E-state index contributed by atoms with van der Waals surface area (Å²) in [6, 6.07) is 9.45. The molecule has 2 amide bonds. The van der Waals surface area contributed by atoms with Gasteiger partial charge in [-0.3, -0.25) is 14.6 Å². The molecule has 0 saturated heterocycles. The normalized spacial score (nSPS) is 26.3. The lowest BCUT2D eigenvalue weighted by atomic mass is 9.49. The van der Waals surface area contributed by atoms with Crippen LogP contribution in [-0.2, 0) is 22.7 Å². The molecule has 1 aromatic carbocycles. The number of hydrogen-bond acceptors (Lipinski definition) is 5. The summed E-state index contributed by atoms with van der Waals surface area (Å²) in [5.41, 5.74) is 1.78. The number of carbonyl (C=O) groups excluding carboxylic acids is 2. The van der Waals surface area contributed by atoms with Crippen molar-refractivity contribution in [3.8, 4) is 11.5 Å². The second-order valence-corrected chi connectivity index (χ2v) is 10.6. The molecule has 2 aromatic rings. The molecule has 35 heavy (non-hydrogen) atoms. The Bertz CT molecular complexity index is 1020. The molecule has 4 fully saturated rings. The van der Waals surface area contributed by atoms with Gasteiger partial charge < -0.3 is 20.1 Å². The van der Waals surface area contributed by atoms with Gasteiger partial charge in [-0.25, -0.2) is 0 Å². The highest BCUT2D eigenvalue weighted by molar-refractivity contribution is 5.84. The minimum absolute atomic E-state index is 0.0761. The topological polar surface area (TPSA) is 89.6 Å². The number of nitrogens with one attached hydrogen (secondary N) is 2. The monoisotopic (exact) mass is 477 g/mol. The van der Waals surface area contributed by atoms with Gasteiger partial charge in [-0.15, -0.1) is 0 Å². The third kappa shape index (κ3) is 5.44. The molecule has 1 aromatic heterocycles. The molecule has 0 spiro atoms. The predicted octanol–water partition coefficient (Wildman–Crippen LogP) is 4.01. The molecule has 7 nitrogen and oxygen atoms in total. The smallest absolute Gasteiger partial charge is 0.226 e. The van der Waals surface area contributed by atoms with Crippen LogP contribution in [0.3, 0.4) is 0 Å². The molecule has 1 heterocycles. The van der Waals surface area contributed by atoms with Gasteiger partial charge in [0.25, 0.3) is 0 Å². The van der Waals surface area contributed by atoms with Crippen molar-refractivity contribution in [2.45, 2.75) is 58.1 Å². The Morgan fingerprint density at radius 1 is 0.943 bits per heavy atom. The molecule has 0 aliphatic heterocycles. The largest absolute Gasteiger partial charge is 0.493 e. The van der Waals surface area contributed by atoms with Gasteiger partial charge in [0.15, 0.2) is 11.5 Å². The Morgan fingerprint density at radius 3 is 2.29 bits per heavy atom. The van der Waals surface area contributed by atoms with Crippen molar-refractivity contribution in [2.75, 3.05) is 13.7 Å². The first-order valence-electron chi connectivity index (χ1n) is 12.8. The summed E-state index contributed by atoms with van der Waals surface area (Å²) in [7, 11) is 1.60.